The lowest BCUT2D eigenvalue weighted by atomic mass is 10.1. The zero-order chi connectivity index (χ0) is 19.7. The second-order valence-corrected chi connectivity index (χ2v) is 6.88. The molecule has 1 unspecified atom stereocenters. The van der Waals surface area contributed by atoms with Crippen molar-refractivity contribution in [2.24, 2.45) is 10.1 Å². The Morgan fingerprint density at radius 1 is 1.33 bits per heavy atom. The number of rotatable bonds is 4. The van der Waals surface area contributed by atoms with Gasteiger partial charge in [0.05, 0.1) is 12.8 Å². The third-order valence-electron chi connectivity index (χ3n) is 4.22. The molecule has 1 atom stereocenters. The lowest BCUT2D eigenvalue weighted by molar-refractivity contribution is -0.529. The number of urea groups is 1. The first-order valence-corrected chi connectivity index (χ1v) is 8.64. The van der Waals surface area contributed by atoms with E-state index in [1.807, 2.05) is 19.1 Å². The molecule has 1 aromatic rings. The zero-order valence-corrected chi connectivity index (χ0v) is 16.1. The number of nitrogens with one attached hydrogen (secondary N) is 1. The van der Waals surface area contributed by atoms with Gasteiger partial charge in [-0.3, -0.25) is 14.6 Å². The number of carbonyl (C=O) groups excluding carboxylic acids is 2. The Hall–Kier alpha value is -3.00. The zero-order valence-electron chi connectivity index (χ0n) is 15.3. The molecule has 0 spiro atoms. The number of imide groups is 1. The highest BCUT2D eigenvalue weighted by atomic mass is 35.5. The number of amidine groups is 1. The van der Waals surface area contributed by atoms with Gasteiger partial charge >= 0.3 is 12.0 Å². The highest BCUT2D eigenvalue weighted by Crippen LogP contribution is 2.19. The van der Waals surface area contributed by atoms with E-state index in [4.69, 9.17) is 11.6 Å². The summed E-state index contributed by atoms with van der Waals surface area (Å²) in [6.45, 7) is 6.18. The van der Waals surface area contributed by atoms with E-state index in [1.165, 1.54) is 11.9 Å². The number of carbonyl (C=O) groups is 2. The van der Waals surface area contributed by atoms with Gasteiger partial charge in [0.1, 0.15) is 0 Å². The number of likely N-dealkylation sites (N-methyl/N-ethyl adjacent to an activating group) is 2. The smallest absolute Gasteiger partial charge is 0.270 e. The molecule has 0 bridgehead atoms. The maximum Gasteiger partial charge on any atom is 0.414 e. The Morgan fingerprint density at radius 2 is 2.00 bits per heavy atom. The highest BCUT2D eigenvalue weighted by Gasteiger charge is 2.51. The Kier molecular flexibility index (Phi) is 5.09. The van der Waals surface area contributed by atoms with Crippen LogP contribution in [0.5, 0.6) is 0 Å². The van der Waals surface area contributed by atoms with Gasteiger partial charge in [-0.15, -0.1) is 5.10 Å². The first-order valence-electron chi connectivity index (χ1n) is 8.26. The normalized spacial score (nSPS) is 19.7. The van der Waals surface area contributed by atoms with E-state index >= 15 is 0 Å². The molecular weight excluding hydrogens is 368 g/mol. The molecule has 1 aromatic carbocycles. The lowest BCUT2D eigenvalue weighted by Gasteiger charge is -2.31. The summed E-state index contributed by atoms with van der Waals surface area (Å²) < 4.78 is 1.75. The van der Waals surface area contributed by atoms with Crippen molar-refractivity contribution < 1.29 is 14.2 Å². The number of hydrogen-bond donors (Lipinski definition) is 1. The van der Waals surface area contributed by atoms with E-state index in [2.05, 4.69) is 22.1 Å². The molecule has 9 heteroatoms. The number of halogens is 1. The number of hydrogen-bond acceptors (Lipinski definition) is 5. The van der Waals surface area contributed by atoms with Crippen LogP contribution >= 0.6 is 11.6 Å². The number of fused-ring (bicyclic) bond motifs is 1. The van der Waals surface area contributed by atoms with Gasteiger partial charge in [0, 0.05) is 19.1 Å². The molecule has 0 radical (unpaired) electrons. The van der Waals surface area contributed by atoms with Crippen LogP contribution in [0.25, 0.3) is 0 Å². The maximum absolute atomic E-state index is 12.7. The van der Waals surface area contributed by atoms with Crippen molar-refractivity contribution in [2.45, 2.75) is 13.0 Å². The first kappa shape index (κ1) is 18.8. The predicted molar refractivity (Wildman–Crippen MR) is 104 cm³/mol. The highest BCUT2D eigenvalue weighted by molar-refractivity contribution is 6.30. The van der Waals surface area contributed by atoms with E-state index in [-0.39, 0.29) is 5.91 Å². The van der Waals surface area contributed by atoms with Crippen molar-refractivity contribution in [3.63, 3.8) is 0 Å². The summed E-state index contributed by atoms with van der Waals surface area (Å²) in [4.78, 5) is 31.7. The largest absolute Gasteiger partial charge is 0.414 e. The number of guanidine groups is 1. The van der Waals surface area contributed by atoms with E-state index in [9.17, 15) is 9.59 Å². The lowest BCUT2D eigenvalue weighted by Crippen LogP contribution is -2.61. The van der Waals surface area contributed by atoms with Gasteiger partial charge in [-0.25, -0.2) is 9.37 Å². The Labute approximate surface area is 162 Å². The average molecular weight is 388 g/mol. The van der Waals surface area contributed by atoms with E-state index in [0.717, 1.165) is 16.0 Å². The minimum absolute atomic E-state index is 0.336. The number of amides is 3. The van der Waals surface area contributed by atoms with Gasteiger partial charge in [0.2, 0.25) is 11.9 Å². The second kappa shape index (κ2) is 7.32. The van der Waals surface area contributed by atoms with Gasteiger partial charge in [-0.1, -0.05) is 35.3 Å². The minimum atomic E-state index is -0.692. The average Bonchev–Trinajstić information content (AvgIpc) is 2.98. The maximum atomic E-state index is 12.7. The van der Waals surface area contributed by atoms with Crippen LogP contribution < -0.4 is 5.43 Å². The fourth-order valence-electron chi connectivity index (χ4n) is 2.86. The molecule has 27 heavy (non-hydrogen) atoms. The fourth-order valence-corrected chi connectivity index (χ4v) is 2.98. The van der Waals surface area contributed by atoms with Crippen LogP contribution in [0.2, 0.25) is 5.02 Å². The Bertz CT molecular complexity index is 903. The number of aliphatic imine (C=N–C) groups is 1. The molecule has 140 valence electrons. The standard InChI is InChI=1S/C18H19ClN6O2/c1-11(2)10-25-14-15(23(3)18(27)24(4)16(14)26)21-17(25)22-20-9-12-5-7-13(19)8-6-12/h5-9,14H,1,10H2,2-4H3/p+1/b20-9+. The summed E-state index contributed by atoms with van der Waals surface area (Å²) >= 11 is 5.87. The minimum Gasteiger partial charge on any atom is -0.270 e. The molecular formula is C18H20ClN6O2+. The molecule has 0 aliphatic carbocycles. The SMILES string of the molecule is C=C(C)C[N+]1=C(N/N=C/c2ccc(Cl)cc2)N=C2C1C(=O)N(C)C(=O)N2C. The molecule has 3 rings (SSSR count). The van der Waals surface area contributed by atoms with Gasteiger partial charge in [-0.2, -0.15) is 5.43 Å². The molecule has 1 N–H and O–H groups in total. The topological polar surface area (TPSA) is 80.4 Å². The monoisotopic (exact) mass is 387 g/mol. The van der Waals surface area contributed by atoms with Crippen molar-refractivity contribution in [3.05, 3.63) is 47.0 Å². The van der Waals surface area contributed by atoms with E-state index in [1.54, 1.807) is 30.0 Å². The number of nitrogens with zero attached hydrogens (tertiary/aromatic N) is 5. The summed E-state index contributed by atoms with van der Waals surface area (Å²) in [5.41, 5.74) is 4.57. The van der Waals surface area contributed by atoms with Crippen molar-refractivity contribution in [2.75, 3.05) is 20.6 Å². The van der Waals surface area contributed by atoms with Crippen LogP contribution in [0.1, 0.15) is 12.5 Å². The molecule has 3 amide bonds. The van der Waals surface area contributed by atoms with Gasteiger partial charge in [0.25, 0.3) is 5.91 Å². The van der Waals surface area contributed by atoms with Crippen molar-refractivity contribution in [1.29, 1.82) is 0 Å². The summed E-state index contributed by atoms with van der Waals surface area (Å²) in [6.07, 6.45) is 1.62. The van der Waals surface area contributed by atoms with Crippen LogP contribution in [0.3, 0.4) is 0 Å². The molecule has 2 aliphatic heterocycles. The summed E-state index contributed by atoms with van der Waals surface area (Å²) in [6, 6.07) is 6.08. The molecule has 8 nitrogen and oxygen atoms in total. The van der Waals surface area contributed by atoms with Crippen molar-refractivity contribution in [1.82, 2.24) is 15.2 Å². The first-order chi connectivity index (χ1) is 12.8. The summed E-state index contributed by atoms with van der Waals surface area (Å²) in [5.74, 6) is 0.414. The number of benzene rings is 1. The van der Waals surface area contributed by atoms with Crippen LogP contribution in [-0.4, -0.2) is 71.0 Å². The van der Waals surface area contributed by atoms with Crippen molar-refractivity contribution >= 4 is 41.5 Å². The molecule has 1 saturated heterocycles. The Balaban J connectivity index is 1.90. The van der Waals surface area contributed by atoms with Gasteiger partial charge in [0.15, 0.2) is 0 Å². The molecule has 1 fully saturated rings. The quantitative estimate of drug-likeness (QED) is 0.368. The molecule has 0 aromatic heterocycles. The Morgan fingerprint density at radius 3 is 2.63 bits per heavy atom. The summed E-state index contributed by atoms with van der Waals surface area (Å²) in [7, 11) is 3.05. The van der Waals surface area contributed by atoms with Gasteiger partial charge < -0.3 is 0 Å². The van der Waals surface area contributed by atoms with Crippen molar-refractivity contribution in [3.8, 4) is 0 Å². The van der Waals surface area contributed by atoms with Crippen LogP contribution in [0, 0.1) is 0 Å². The molecule has 0 saturated carbocycles. The van der Waals surface area contributed by atoms with Gasteiger partial charge in [-0.05, 0) is 30.2 Å². The van der Waals surface area contributed by atoms with Crippen LogP contribution in [-0.2, 0) is 4.79 Å². The van der Waals surface area contributed by atoms with Crippen LogP contribution in [0.4, 0.5) is 4.79 Å². The summed E-state index contributed by atoms with van der Waals surface area (Å²) in [5, 5.41) is 4.84. The van der Waals surface area contributed by atoms with E-state index in [0.29, 0.717) is 23.4 Å². The van der Waals surface area contributed by atoms with E-state index < -0.39 is 12.1 Å². The predicted octanol–water partition coefficient (Wildman–Crippen LogP) is 1.51. The fraction of sp³-hybridized carbons (Fsp3) is 0.278. The third kappa shape index (κ3) is 3.61. The third-order valence-corrected chi connectivity index (χ3v) is 4.47. The molecule has 2 heterocycles. The van der Waals surface area contributed by atoms with Crippen LogP contribution in [0.15, 0.2) is 46.5 Å². The second-order valence-electron chi connectivity index (χ2n) is 6.44. The molecule has 2 aliphatic rings. The number of hydrazone groups is 1.